The van der Waals surface area contributed by atoms with E-state index in [2.05, 4.69) is 32.6 Å². The molecule has 2 aliphatic rings. The minimum Gasteiger partial charge on any atom is -0.379 e. The molecule has 0 radical (unpaired) electrons. The van der Waals surface area contributed by atoms with Crippen LogP contribution in [0.5, 0.6) is 0 Å². The van der Waals surface area contributed by atoms with Gasteiger partial charge in [0.05, 0.1) is 23.3 Å². The molecule has 1 unspecified atom stereocenters. The van der Waals surface area contributed by atoms with Gasteiger partial charge in [0.15, 0.2) is 0 Å². The highest BCUT2D eigenvalue weighted by atomic mass is 16.5. The van der Waals surface area contributed by atoms with Gasteiger partial charge in [0.1, 0.15) is 0 Å². The van der Waals surface area contributed by atoms with Gasteiger partial charge in [0, 0.05) is 26.2 Å². The van der Waals surface area contributed by atoms with Gasteiger partial charge in [-0.05, 0) is 40.5 Å². The van der Waals surface area contributed by atoms with E-state index in [1.165, 1.54) is 0 Å². The molecule has 2 heterocycles. The number of hydrogen-bond acceptors (Lipinski definition) is 4. The van der Waals surface area contributed by atoms with Crippen molar-refractivity contribution in [2.75, 3.05) is 32.8 Å². The third kappa shape index (κ3) is 2.87. The highest BCUT2D eigenvalue weighted by molar-refractivity contribution is 5.01. The molecular formula is C14H28N2O2. The number of ether oxygens (including phenoxy) is 2. The average molecular weight is 256 g/mol. The molecule has 2 N–H and O–H groups in total. The lowest BCUT2D eigenvalue weighted by atomic mass is 9.86. The summed E-state index contributed by atoms with van der Waals surface area (Å²) in [6, 6.07) is 0. The van der Waals surface area contributed by atoms with Gasteiger partial charge in [-0.25, -0.2) is 0 Å². The van der Waals surface area contributed by atoms with Crippen LogP contribution in [0.4, 0.5) is 0 Å². The fourth-order valence-electron chi connectivity index (χ4n) is 3.50. The summed E-state index contributed by atoms with van der Waals surface area (Å²) < 4.78 is 11.9. The third-order valence-electron chi connectivity index (χ3n) is 4.05. The Morgan fingerprint density at radius 2 is 1.72 bits per heavy atom. The van der Waals surface area contributed by atoms with E-state index in [4.69, 9.17) is 15.2 Å². The summed E-state index contributed by atoms with van der Waals surface area (Å²) >= 11 is 0. The highest BCUT2D eigenvalue weighted by Crippen LogP contribution is 2.35. The molecule has 106 valence electrons. The highest BCUT2D eigenvalue weighted by Gasteiger charge is 2.47. The zero-order valence-electron chi connectivity index (χ0n) is 12.3. The summed E-state index contributed by atoms with van der Waals surface area (Å²) in [4.78, 5) is 2.51. The van der Waals surface area contributed by atoms with Gasteiger partial charge in [-0.1, -0.05) is 0 Å². The van der Waals surface area contributed by atoms with Gasteiger partial charge in [-0.2, -0.15) is 0 Å². The van der Waals surface area contributed by atoms with E-state index in [9.17, 15) is 0 Å². The fourth-order valence-corrected chi connectivity index (χ4v) is 3.50. The molecule has 0 aliphatic carbocycles. The van der Waals surface area contributed by atoms with E-state index in [1.54, 1.807) is 0 Å². The predicted octanol–water partition coefficient (Wildman–Crippen LogP) is 1.38. The molecule has 0 aromatic rings. The molecule has 2 saturated heterocycles. The van der Waals surface area contributed by atoms with Crippen LogP contribution >= 0.6 is 0 Å². The molecule has 0 aromatic carbocycles. The lowest BCUT2D eigenvalue weighted by Crippen LogP contribution is -2.68. The molecule has 1 atom stereocenters. The number of morpholine rings is 1. The van der Waals surface area contributed by atoms with Crippen molar-refractivity contribution in [2.24, 2.45) is 5.73 Å². The van der Waals surface area contributed by atoms with E-state index in [1.807, 2.05) is 0 Å². The van der Waals surface area contributed by atoms with Gasteiger partial charge in [0.25, 0.3) is 0 Å². The van der Waals surface area contributed by atoms with Crippen LogP contribution in [0.2, 0.25) is 0 Å². The zero-order chi connectivity index (χ0) is 13.4. The molecule has 2 rings (SSSR count). The van der Waals surface area contributed by atoms with Crippen LogP contribution in [0.25, 0.3) is 0 Å². The molecule has 0 spiro atoms. The van der Waals surface area contributed by atoms with Crippen molar-refractivity contribution >= 4 is 0 Å². The number of hydrogen-bond donors (Lipinski definition) is 1. The van der Waals surface area contributed by atoms with Crippen LogP contribution in [-0.2, 0) is 9.47 Å². The van der Waals surface area contributed by atoms with Crippen LogP contribution in [0.1, 0.15) is 40.5 Å². The van der Waals surface area contributed by atoms with Crippen LogP contribution in [0.15, 0.2) is 0 Å². The van der Waals surface area contributed by atoms with Crippen LogP contribution < -0.4 is 5.73 Å². The quantitative estimate of drug-likeness (QED) is 0.811. The summed E-state index contributed by atoms with van der Waals surface area (Å²) in [5.74, 6) is 0. The molecular weight excluding hydrogens is 228 g/mol. The Kier molecular flexibility index (Phi) is 3.76. The van der Waals surface area contributed by atoms with Gasteiger partial charge in [-0.3, -0.25) is 4.90 Å². The van der Waals surface area contributed by atoms with Crippen LogP contribution in [0.3, 0.4) is 0 Å². The van der Waals surface area contributed by atoms with Crippen LogP contribution in [0, 0.1) is 0 Å². The van der Waals surface area contributed by atoms with Crippen molar-refractivity contribution in [3.05, 3.63) is 0 Å². The molecule has 0 bridgehead atoms. The molecule has 4 heteroatoms. The lowest BCUT2D eigenvalue weighted by Gasteiger charge is -2.55. The smallest absolute Gasteiger partial charge is 0.0761 e. The Morgan fingerprint density at radius 3 is 2.17 bits per heavy atom. The second-order valence-electron chi connectivity index (χ2n) is 7.06. The topological polar surface area (TPSA) is 47.7 Å². The number of rotatable bonds is 2. The summed E-state index contributed by atoms with van der Waals surface area (Å²) in [7, 11) is 0. The molecule has 2 aliphatic heterocycles. The second-order valence-corrected chi connectivity index (χ2v) is 7.06. The first-order valence-electron chi connectivity index (χ1n) is 7.02. The van der Waals surface area contributed by atoms with Crippen molar-refractivity contribution in [1.82, 2.24) is 4.90 Å². The van der Waals surface area contributed by atoms with Crippen molar-refractivity contribution in [3.63, 3.8) is 0 Å². The lowest BCUT2D eigenvalue weighted by molar-refractivity contribution is -0.209. The maximum Gasteiger partial charge on any atom is 0.0761 e. The monoisotopic (exact) mass is 256 g/mol. The Hall–Kier alpha value is -0.160. The Balaban J connectivity index is 2.19. The maximum absolute atomic E-state index is 6.15. The van der Waals surface area contributed by atoms with Crippen molar-refractivity contribution in [2.45, 2.75) is 57.3 Å². The molecule has 4 nitrogen and oxygen atoms in total. The van der Waals surface area contributed by atoms with Crippen molar-refractivity contribution < 1.29 is 9.47 Å². The maximum atomic E-state index is 6.15. The number of nitrogens with two attached hydrogens (primary N) is 1. The standard InChI is InChI=1S/C14H28N2O2/c1-12(2)9-16(10-13(3,4)18-12)14(8-15)6-5-7-17-11-14/h5-11,15H2,1-4H3. The summed E-state index contributed by atoms with van der Waals surface area (Å²) in [6.45, 7) is 12.8. The Bertz CT molecular complexity index is 280. The van der Waals surface area contributed by atoms with E-state index in [0.717, 1.165) is 39.1 Å². The van der Waals surface area contributed by atoms with E-state index in [-0.39, 0.29) is 16.7 Å². The van der Waals surface area contributed by atoms with Gasteiger partial charge < -0.3 is 15.2 Å². The molecule has 18 heavy (non-hydrogen) atoms. The normalized spacial score (nSPS) is 36.5. The zero-order valence-corrected chi connectivity index (χ0v) is 12.3. The molecule has 0 amide bonds. The summed E-state index contributed by atoms with van der Waals surface area (Å²) in [5, 5.41) is 0. The number of nitrogens with zero attached hydrogens (tertiary/aromatic N) is 1. The fraction of sp³-hybridized carbons (Fsp3) is 1.00. The Morgan fingerprint density at radius 1 is 1.11 bits per heavy atom. The largest absolute Gasteiger partial charge is 0.379 e. The summed E-state index contributed by atoms with van der Waals surface area (Å²) in [6.07, 6.45) is 2.24. The minimum absolute atomic E-state index is 0.0105. The van der Waals surface area contributed by atoms with E-state index < -0.39 is 0 Å². The second kappa shape index (κ2) is 4.75. The van der Waals surface area contributed by atoms with Gasteiger partial charge in [-0.15, -0.1) is 0 Å². The minimum atomic E-state index is -0.124. The van der Waals surface area contributed by atoms with Crippen molar-refractivity contribution in [3.8, 4) is 0 Å². The van der Waals surface area contributed by atoms with E-state index in [0.29, 0.717) is 6.54 Å². The average Bonchev–Trinajstić information content (AvgIpc) is 2.26. The first kappa shape index (κ1) is 14.3. The predicted molar refractivity (Wildman–Crippen MR) is 72.7 cm³/mol. The Labute approximate surface area is 111 Å². The molecule has 0 aromatic heterocycles. The van der Waals surface area contributed by atoms with Crippen LogP contribution in [-0.4, -0.2) is 54.5 Å². The molecule has 2 fully saturated rings. The van der Waals surface area contributed by atoms with Gasteiger partial charge >= 0.3 is 0 Å². The van der Waals surface area contributed by atoms with Crippen molar-refractivity contribution in [1.29, 1.82) is 0 Å². The first-order chi connectivity index (χ1) is 8.29. The third-order valence-corrected chi connectivity index (χ3v) is 4.05. The molecule has 0 saturated carbocycles. The first-order valence-corrected chi connectivity index (χ1v) is 7.02. The SMILES string of the molecule is CC1(C)CN(C2(CN)CCCOC2)CC(C)(C)O1. The summed E-state index contributed by atoms with van der Waals surface area (Å²) in [5.41, 5.74) is 5.85. The van der Waals surface area contributed by atoms with E-state index >= 15 is 0 Å². The van der Waals surface area contributed by atoms with Gasteiger partial charge in [0.2, 0.25) is 0 Å².